The number of benzene rings is 1. The second kappa shape index (κ2) is 6.01. The van der Waals surface area contributed by atoms with E-state index in [1.807, 2.05) is 24.3 Å². The number of rotatable bonds is 4. The molecule has 0 unspecified atom stereocenters. The van der Waals surface area contributed by atoms with Crippen LogP contribution in [0.3, 0.4) is 0 Å². The first kappa shape index (κ1) is 13.1. The van der Waals surface area contributed by atoms with Crippen LogP contribution in [-0.4, -0.2) is 4.98 Å². The van der Waals surface area contributed by atoms with Crippen LogP contribution in [0.15, 0.2) is 42.6 Å². The van der Waals surface area contributed by atoms with E-state index in [2.05, 4.69) is 31.0 Å². The van der Waals surface area contributed by atoms with Crippen LogP contribution >= 0.6 is 0 Å². The predicted molar refractivity (Wildman–Crippen MR) is 73.8 cm³/mol. The Morgan fingerprint density at radius 2 is 1.89 bits per heavy atom. The minimum Gasteiger partial charge on any atom is -0.489 e. The molecule has 3 nitrogen and oxygen atoms in total. The third kappa shape index (κ3) is 3.56. The highest BCUT2D eigenvalue weighted by atomic mass is 16.5. The van der Waals surface area contributed by atoms with Gasteiger partial charge in [-0.15, -0.1) is 0 Å². The molecule has 0 spiro atoms. The lowest BCUT2D eigenvalue weighted by molar-refractivity contribution is 0.305. The lowest BCUT2D eigenvalue weighted by Gasteiger charge is -2.08. The van der Waals surface area contributed by atoms with Crippen molar-refractivity contribution in [2.24, 2.45) is 0 Å². The van der Waals surface area contributed by atoms with Crippen LogP contribution in [0.2, 0.25) is 0 Å². The maximum absolute atomic E-state index is 8.66. The van der Waals surface area contributed by atoms with Crippen molar-refractivity contribution >= 4 is 0 Å². The standard InChI is InChI=1S/C16H16N2O/c1-12(2)14-4-7-16(8-5-14)19-11-13-3-6-15(9-17)18-10-13/h3-8,10,12H,11H2,1-2H3. The average molecular weight is 252 g/mol. The molecule has 1 heterocycles. The zero-order valence-corrected chi connectivity index (χ0v) is 11.1. The molecule has 0 saturated heterocycles. The van der Waals surface area contributed by atoms with Gasteiger partial charge >= 0.3 is 0 Å². The van der Waals surface area contributed by atoms with E-state index >= 15 is 0 Å². The molecule has 1 aromatic carbocycles. The van der Waals surface area contributed by atoms with Gasteiger partial charge in [-0.25, -0.2) is 4.98 Å². The highest BCUT2D eigenvalue weighted by Gasteiger charge is 2.00. The van der Waals surface area contributed by atoms with E-state index in [0.29, 0.717) is 18.2 Å². The van der Waals surface area contributed by atoms with E-state index < -0.39 is 0 Å². The molecule has 0 N–H and O–H groups in total. The van der Waals surface area contributed by atoms with Gasteiger partial charge in [-0.2, -0.15) is 5.26 Å². The van der Waals surface area contributed by atoms with Crippen LogP contribution in [0, 0.1) is 11.3 Å². The smallest absolute Gasteiger partial charge is 0.140 e. The molecule has 0 atom stereocenters. The Hall–Kier alpha value is -2.34. The highest BCUT2D eigenvalue weighted by Crippen LogP contribution is 2.19. The van der Waals surface area contributed by atoms with Crippen molar-refractivity contribution in [2.45, 2.75) is 26.4 Å². The zero-order chi connectivity index (χ0) is 13.7. The Morgan fingerprint density at radius 3 is 2.42 bits per heavy atom. The number of hydrogen-bond acceptors (Lipinski definition) is 3. The van der Waals surface area contributed by atoms with E-state index in [-0.39, 0.29) is 0 Å². The summed E-state index contributed by atoms with van der Waals surface area (Å²) in [4.78, 5) is 4.01. The molecule has 0 saturated carbocycles. The summed E-state index contributed by atoms with van der Waals surface area (Å²) in [6.07, 6.45) is 1.67. The predicted octanol–water partition coefficient (Wildman–Crippen LogP) is 3.66. The van der Waals surface area contributed by atoms with E-state index in [1.54, 1.807) is 12.3 Å². The van der Waals surface area contributed by atoms with Gasteiger partial charge in [-0.1, -0.05) is 32.0 Å². The molecule has 0 aliphatic heterocycles. The molecule has 3 heteroatoms. The first-order valence-corrected chi connectivity index (χ1v) is 6.27. The van der Waals surface area contributed by atoms with Crippen molar-refractivity contribution < 1.29 is 4.74 Å². The van der Waals surface area contributed by atoms with E-state index in [4.69, 9.17) is 10.00 Å². The van der Waals surface area contributed by atoms with Crippen molar-refractivity contribution in [2.75, 3.05) is 0 Å². The lowest BCUT2D eigenvalue weighted by Crippen LogP contribution is -1.97. The van der Waals surface area contributed by atoms with Crippen molar-refractivity contribution in [3.63, 3.8) is 0 Å². The molecule has 0 aliphatic rings. The molecule has 0 radical (unpaired) electrons. The third-order valence-corrected chi connectivity index (χ3v) is 2.89. The van der Waals surface area contributed by atoms with Gasteiger partial charge in [0.25, 0.3) is 0 Å². The second-order valence-corrected chi connectivity index (χ2v) is 4.68. The molecule has 0 aliphatic carbocycles. The number of hydrogen-bond donors (Lipinski definition) is 0. The van der Waals surface area contributed by atoms with Crippen LogP contribution < -0.4 is 4.74 Å². The fourth-order valence-electron chi connectivity index (χ4n) is 1.69. The molecular formula is C16H16N2O. The molecular weight excluding hydrogens is 236 g/mol. The number of nitriles is 1. The number of ether oxygens (including phenoxy) is 1. The fourth-order valence-corrected chi connectivity index (χ4v) is 1.69. The van der Waals surface area contributed by atoms with Crippen molar-refractivity contribution in [3.05, 3.63) is 59.4 Å². The number of nitrogens with zero attached hydrogens (tertiary/aromatic N) is 2. The van der Waals surface area contributed by atoms with Gasteiger partial charge in [0, 0.05) is 11.8 Å². The molecule has 0 fully saturated rings. The third-order valence-electron chi connectivity index (χ3n) is 2.89. The van der Waals surface area contributed by atoms with Gasteiger partial charge in [0.1, 0.15) is 24.1 Å². The lowest BCUT2D eigenvalue weighted by atomic mass is 10.0. The summed E-state index contributed by atoms with van der Waals surface area (Å²) in [7, 11) is 0. The topological polar surface area (TPSA) is 45.9 Å². The van der Waals surface area contributed by atoms with Crippen molar-refractivity contribution in [1.82, 2.24) is 4.98 Å². The number of pyridine rings is 1. The maximum atomic E-state index is 8.66. The summed E-state index contributed by atoms with van der Waals surface area (Å²) in [5, 5.41) is 8.66. The summed E-state index contributed by atoms with van der Waals surface area (Å²) < 4.78 is 5.68. The van der Waals surface area contributed by atoms with Gasteiger partial charge < -0.3 is 4.74 Å². The molecule has 96 valence electrons. The van der Waals surface area contributed by atoms with E-state index in [0.717, 1.165) is 11.3 Å². The van der Waals surface area contributed by atoms with Crippen LogP contribution in [0.1, 0.15) is 36.6 Å². The van der Waals surface area contributed by atoms with Gasteiger partial charge in [0.2, 0.25) is 0 Å². The van der Waals surface area contributed by atoms with E-state index in [1.165, 1.54) is 5.56 Å². The van der Waals surface area contributed by atoms with Crippen LogP contribution in [0.4, 0.5) is 0 Å². The Kier molecular flexibility index (Phi) is 4.15. The van der Waals surface area contributed by atoms with Crippen molar-refractivity contribution in [3.8, 4) is 11.8 Å². The second-order valence-electron chi connectivity index (χ2n) is 4.68. The quantitative estimate of drug-likeness (QED) is 0.834. The molecule has 19 heavy (non-hydrogen) atoms. The van der Waals surface area contributed by atoms with E-state index in [9.17, 15) is 0 Å². The Bertz CT molecular complexity index is 565. The summed E-state index contributed by atoms with van der Waals surface area (Å²) in [5.41, 5.74) is 2.67. The van der Waals surface area contributed by atoms with Gasteiger partial charge in [0.15, 0.2) is 0 Å². The number of aromatic nitrogens is 1. The fraction of sp³-hybridized carbons (Fsp3) is 0.250. The largest absolute Gasteiger partial charge is 0.489 e. The Morgan fingerprint density at radius 1 is 1.16 bits per heavy atom. The molecule has 0 amide bonds. The normalized spacial score (nSPS) is 10.2. The van der Waals surface area contributed by atoms with Gasteiger partial charge in [0.05, 0.1) is 0 Å². The maximum Gasteiger partial charge on any atom is 0.140 e. The molecule has 0 bridgehead atoms. The zero-order valence-electron chi connectivity index (χ0n) is 11.1. The van der Waals surface area contributed by atoms with Crippen LogP contribution in [0.25, 0.3) is 0 Å². The molecule has 1 aromatic heterocycles. The first-order chi connectivity index (χ1) is 9.19. The van der Waals surface area contributed by atoms with Crippen LogP contribution in [0.5, 0.6) is 5.75 Å². The highest BCUT2D eigenvalue weighted by molar-refractivity contribution is 5.29. The Balaban J connectivity index is 1.96. The summed E-state index contributed by atoms with van der Waals surface area (Å²) in [6.45, 7) is 4.79. The average Bonchev–Trinajstić information content (AvgIpc) is 2.46. The molecule has 2 aromatic rings. The summed E-state index contributed by atoms with van der Waals surface area (Å²) in [5.74, 6) is 1.37. The minimum absolute atomic E-state index is 0.421. The minimum atomic E-state index is 0.421. The van der Waals surface area contributed by atoms with Gasteiger partial charge in [-0.05, 0) is 29.7 Å². The summed E-state index contributed by atoms with van der Waals surface area (Å²) in [6, 6.07) is 13.7. The van der Waals surface area contributed by atoms with Crippen LogP contribution in [-0.2, 0) is 6.61 Å². The SMILES string of the molecule is CC(C)c1ccc(OCc2ccc(C#N)nc2)cc1. The molecule has 2 rings (SSSR count). The monoisotopic (exact) mass is 252 g/mol. The first-order valence-electron chi connectivity index (χ1n) is 6.27. The Labute approximate surface area is 113 Å². The van der Waals surface area contributed by atoms with Crippen molar-refractivity contribution in [1.29, 1.82) is 5.26 Å². The van der Waals surface area contributed by atoms with Gasteiger partial charge in [-0.3, -0.25) is 0 Å². The summed E-state index contributed by atoms with van der Waals surface area (Å²) >= 11 is 0.